The van der Waals surface area contributed by atoms with Gasteiger partial charge < -0.3 is 10.1 Å². The van der Waals surface area contributed by atoms with Gasteiger partial charge in [-0.15, -0.1) is 0 Å². The van der Waals surface area contributed by atoms with E-state index in [1.165, 1.54) is 5.56 Å². The van der Waals surface area contributed by atoms with Gasteiger partial charge in [-0.05, 0) is 24.8 Å². The second-order valence-electron chi connectivity index (χ2n) is 5.83. The number of amides is 1. The monoisotopic (exact) mass is 286 g/mol. The molecule has 1 aromatic rings. The van der Waals surface area contributed by atoms with Crippen LogP contribution >= 0.6 is 0 Å². The van der Waals surface area contributed by atoms with Gasteiger partial charge in [-0.3, -0.25) is 9.79 Å². The summed E-state index contributed by atoms with van der Waals surface area (Å²) in [6.45, 7) is 3.51. The van der Waals surface area contributed by atoms with E-state index in [0.29, 0.717) is 13.2 Å². The third-order valence-corrected chi connectivity index (χ3v) is 4.52. The highest BCUT2D eigenvalue weighted by molar-refractivity contribution is 6.10. The topological polar surface area (TPSA) is 50.7 Å². The number of hydrogen-bond donors (Lipinski definition) is 1. The summed E-state index contributed by atoms with van der Waals surface area (Å²) >= 11 is 0. The Balaban J connectivity index is 1.97. The SMILES string of the molecule is CCCC1N=C(C2(c3ccccc3)CCOCC2)NC1=O. The van der Waals surface area contributed by atoms with Crippen LogP contribution in [0.15, 0.2) is 35.3 Å². The predicted octanol–water partition coefficient (Wildman–Crippen LogP) is 2.43. The van der Waals surface area contributed by atoms with Crippen LogP contribution in [-0.4, -0.2) is 31.0 Å². The smallest absolute Gasteiger partial charge is 0.250 e. The Bertz CT molecular complexity index is 533. The number of nitrogens with one attached hydrogen (secondary N) is 1. The van der Waals surface area contributed by atoms with Crippen LogP contribution < -0.4 is 5.32 Å². The van der Waals surface area contributed by atoms with Crippen molar-refractivity contribution in [3.8, 4) is 0 Å². The zero-order valence-electron chi connectivity index (χ0n) is 12.5. The Hall–Kier alpha value is -1.68. The third-order valence-electron chi connectivity index (χ3n) is 4.52. The van der Waals surface area contributed by atoms with Gasteiger partial charge in [0, 0.05) is 13.2 Å². The molecule has 0 aliphatic carbocycles. The van der Waals surface area contributed by atoms with E-state index < -0.39 is 0 Å². The number of benzene rings is 1. The summed E-state index contributed by atoms with van der Waals surface area (Å²) in [4.78, 5) is 16.9. The molecule has 2 aliphatic rings. The fourth-order valence-corrected chi connectivity index (χ4v) is 3.30. The average molecular weight is 286 g/mol. The molecule has 3 rings (SSSR count). The molecule has 0 bridgehead atoms. The summed E-state index contributed by atoms with van der Waals surface area (Å²) < 4.78 is 5.54. The molecule has 1 N–H and O–H groups in total. The van der Waals surface area contributed by atoms with Gasteiger partial charge in [-0.1, -0.05) is 43.7 Å². The maximum Gasteiger partial charge on any atom is 0.250 e. The molecule has 1 saturated heterocycles. The number of hydrogen-bond acceptors (Lipinski definition) is 3. The number of ether oxygens (including phenoxy) is 1. The van der Waals surface area contributed by atoms with Gasteiger partial charge in [0.2, 0.25) is 5.91 Å². The van der Waals surface area contributed by atoms with E-state index in [1.54, 1.807) is 0 Å². The quantitative estimate of drug-likeness (QED) is 0.924. The maximum atomic E-state index is 12.1. The molecule has 1 fully saturated rings. The van der Waals surface area contributed by atoms with E-state index in [2.05, 4.69) is 24.4 Å². The van der Waals surface area contributed by atoms with Gasteiger partial charge in [-0.2, -0.15) is 0 Å². The molecule has 112 valence electrons. The van der Waals surface area contributed by atoms with Crippen molar-refractivity contribution in [1.82, 2.24) is 5.32 Å². The molecule has 4 nitrogen and oxygen atoms in total. The molecule has 0 radical (unpaired) electrons. The van der Waals surface area contributed by atoms with Crippen molar-refractivity contribution >= 4 is 11.7 Å². The van der Waals surface area contributed by atoms with Crippen LogP contribution in [0, 0.1) is 0 Å². The molecular formula is C17H22N2O2. The first-order valence-electron chi connectivity index (χ1n) is 7.79. The lowest BCUT2D eigenvalue weighted by Crippen LogP contribution is -2.47. The number of rotatable bonds is 4. The van der Waals surface area contributed by atoms with Crippen LogP contribution in [-0.2, 0) is 14.9 Å². The van der Waals surface area contributed by atoms with E-state index in [-0.39, 0.29) is 17.4 Å². The van der Waals surface area contributed by atoms with Crippen LogP contribution in [0.1, 0.15) is 38.2 Å². The number of nitrogens with zero attached hydrogens (tertiary/aromatic N) is 1. The zero-order chi connectivity index (χ0) is 14.7. The van der Waals surface area contributed by atoms with E-state index in [4.69, 9.17) is 9.73 Å². The first-order valence-corrected chi connectivity index (χ1v) is 7.79. The summed E-state index contributed by atoms with van der Waals surface area (Å²) in [5, 5.41) is 3.05. The highest BCUT2D eigenvalue weighted by atomic mass is 16.5. The molecule has 0 saturated carbocycles. The Kier molecular flexibility index (Phi) is 4.06. The van der Waals surface area contributed by atoms with Crippen molar-refractivity contribution in [3.63, 3.8) is 0 Å². The van der Waals surface area contributed by atoms with E-state index >= 15 is 0 Å². The summed E-state index contributed by atoms with van der Waals surface area (Å²) in [6.07, 6.45) is 3.52. The van der Waals surface area contributed by atoms with Crippen LogP contribution in [0.5, 0.6) is 0 Å². The van der Waals surface area contributed by atoms with Crippen LogP contribution in [0.3, 0.4) is 0 Å². The maximum absolute atomic E-state index is 12.1. The Morgan fingerprint density at radius 3 is 2.67 bits per heavy atom. The molecule has 0 spiro atoms. The lowest BCUT2D eigenvalue weighted by atomic mass is 9.73. The second kappa shape index (κ2) is 5.98. The average Bonchev–Trinajstić information content (AvgIpc) is 2.91. The number of carbonyl (C=O) groups excluding carboxylic acids is 1. The van der Waals surface area contributed by atoms with Crippen molar-refractivity contribution in [3.05, 3.63) is 35.9 Å². The van der Waals surface area contributed by atoms with Crippen molar-refractivity contribution in [2.45, 2.75) is 44.1 Å². The number of amidine groups is 1. The van der Waals surface area contributed by atoms with E-state index in [1.807, 2.05) is 18.2 Å². The zero-order valence-corrected chi connectivity index (χ0v) is 12.5. The lowest BCUT2D eigenvalue weighted by molar-refractivity contribution is -0.120. The van der Waals surface area contributed by atoms with Crippen molar-refractivity contribution in [2.24, 2.45) is 4.99 Å². The number of aliphatic imine (C=N–C) groups is 1. The number of carbonyl (C=O) groups is 1. The standard InChI is InChI=1S/C17H22N2O2/c1-2-6-14-15(20)19-16(18-14)17(9-11-21-12-10-17)13-7-4-3-5-8-13/h3-5,7-8,14H,2,6,9-12H2,1H3,(H,18,19,20). The Morgan fingerprint density at radius 1 is 1.29 bits per heavy atom. The minimum absolute atomic E-state index is 0.0497. The second-order valence-corrected chi connectivity index (χ2v) is 5.83. The lowest BCUT2D eigenvalue weighted by Gasteiger charge is -2.37. The van der Waals surface area contributed by atoms with Gasteiger partial charge in [-0.25, -0.2) is 0 Å². The van der Waals surface area contributed by atoms with Crippen LogP contribution in [0.2, 0.25) is 0 Å². The molecule has 21 heavy (non-hydrogen) atoms. The Morgan fingerprint density at radius 2 is 2.00 bits per heavy atom. The van der Waals surface area contributed by atoms with Gasteiger partial charge in [0.05, 0.1) is 5.41 Å². The highest BCUT2D eigenvalue weighted by Gasteiger charge is 2.43. The van der Waals surface area contributed by atoms with Crippen LogP contribution in [0.4, 0.5) is 0 Å². The molecular weight excluding hydrogens is 264 g/mol. The van der Waals surface area contributed by atoms with Gasteiger partial charge in [0.1, 0.15) is 11.9 Å². The Labute approximate surface area is 125 Å². The fourth-order valence-electron chi connectivity index (χ4n) is 3.30. The van der Waals surface area contributed by atoms with E-state index in [9.17, 15) is 4.79 Å². The normalized spacial score (nSPS) is 24.5. The summed E-state index contributed by atoms with van der Waals surface area (Å²) in [6, 6.07) is 10.2. The van der Waals surface area contributed by atoms with E-state index in [0.717, 1.165) is 31.5 Å². The van der Waals surface area contributed by atoms with Gasteiger partial charge in [0.25, 0.3) is 0 Å². The van der Waals surface area contributed by atoms with Crippen molar-refractivity contribution in [1.29, 1.82) is 0 Å². The molecule has 2 aliphatic heterocycles. The minimum atomic E-state index is -0.214. The molecule has 1 aromatic carbocycles. The first kappa shape index (κ1) is 14.3. The molecule has 2 heterocycles. The molecule has 1 unspecified atom stereocenters. The van der Waals surface area contributed by atoms with Crippen LogP contribution in [0.25, 0.3) is 0 Å². The fraction of sp³-hybridized carbons (Fsp3) is 0.529. The molecule has 4 heteroatoms. The summed E-state index contributed by atoms with van der Waals surface area (Å²) in [5.74, 6) is 0.897. The highest BCUT2D eigenvalue weighted by Crippen LogP contribution is 2.37. The summed E-state index contributed by atoms with van der Waals surface area (Å²) in [5.41, 5.74) is 1.03. The van der Waals surface area contributed by atoms with Gasteiger partial charge in [0.15, 0.2) is 0 Å². The third kappa shape index (κ3) is 2.60. The molecule has 0 aromatic heterocycles. The molecule has 1 atom stereocenters. The summed E-state index contributed by atoms with van der Waals surface area (Å²) in [7, 11) is 0. The minimum Gasteiger partial charge on any atom is -0.381 e. The van der Waals surface area contributed by atoms with Crippen molar-refractivity contribution in [2.75, 3.05) is 13.2 Å². The largest absolute Gasteiger partial charge is 0.381 e. The predicted molar refractivity (Wildman–Crippen MR) is 82.4 cm³/mol. The van der Waals surface area contributed by atoms with Gasteiger partial charge >= 0.3 is 0 Å². The molecule has 1 amide bonds. The first-order chi connectivity index (χ1) is 10.3. The van der Waals surface area contributed by atoms with Crippen molar-refractivity contribution < 1.29 is 9.53 Å².